The lowest BCUT2D eigenvalue weighted by molar-refractivity contribution is -0.242. The van der Waals surface area contributed by atoms with Crippen LogP contribution in [0.15, 0.2) is 0 Å². The summed E-state index contributed by atoms with van der Waals surface area (Å²) in [5, 5.41) is 1.43. The molecule has 0 fully saturated rings. The zero-order valence-corrected chi connectivity index (χ0v) is 18.8. The molecule has 0 amide bonds. The van der Waals surface area contributed by atoms with Crippen LogP contribution in [-0.2, 0) is 28.1 Å². The second kappa shape index (κ2) is 10.2. The van der Waals surface area contributed by atoms with E-state index in [1.807, 2.05) is 41.5 Å². The average molecular weight is 396 g/mol. The third-order valence-corrected chi connectivity index (χ3v) is 6.21. The van der Waals surface area contributed by atoms with Crippen molar-refractivity contribution in [3.05, 3.63) is 0 Å². The molecule has 0 aliphatic rings. The molecule has 0 bridgehead atoms. The quantitative estimate of drug-likeness (QED) is 0.442. The Hall–Kier alpha value is -0.500. The average Bonchev–Trinajstić information content (AvgIpc) is 2.44. The number of carbonyl (C=O) groups is 1. The Morgan fingerprint density at radius 2 is 1.54 bits per heavy atom. The fourth-order valence-corrected chi connectivity index (χ4v) is 5.12. The molecule has 2 unspecified atom stereocenters. The Morgan fingerprint density at radius 3 is 1.85 bits per heavy atom. The van der Waals surface area contributed by atoms with Crippen molar-refractivity contribution in [2.75, 3.05) is 20.3 Å². The molecule has 26 heavy (non-hydrogen) atoms. The Balaban J connectivity index is 6.08. The number of carbonyl (C=O) groups excluding carboxylic acids is 1. The molecule has 0 radical (unpaired) electrons. The normalized spacial score (nSPS) is 15.8. The van der Waals surface area contributed by atoms with E-state index < -0.39 is 36.4 Å². The molecule has 0 aromatic heterocycles. The lowest BCUT2D eigenvalue weighted by Crippen LogP contribution is -2.55. The van der Waals surface area contributed by atoms with Crippen molar-refractivity contribution < 1.29 is 28.1 Å². The first-order valence-electron chi connectivity index (χ1n) is 8.96. The number of nitrogens with one attached hydrogen (secondary N) is 1. The summed E-state index contributed by atoms with van der Waals surface area (Å²) in [4.78, 5) is 23.2. The van der Waals surface area contributed by atoms with Crippen LogP contribution in [0.2, 0.25) is 0 Å². The molecule has 9 heteroatoms. The maximum atomic E-state index is 13.6. The van der Waals surface area contributed by atoms with Crippen molar-refractivity contribution in [1.82, 2.24) is 10.5 Å². The summed E-state index contributed by atoms with van der Waals surface area (Å²) in [6.07, 6.45) is -0.843. The highest BCUT2D eigenvalue weighted by Gasteiger charge is 2.52. The molecule has 0 saturated heterocycles. The van der Waals surface area contributed by atoms with E-state index in [0.717, 1.165) is 0 Å². The molecule has 0 aromatic carbocycles. The van der Waals surface area contributed by atoms with Gasteiger partial charge < -0.3 is 13.9 Å². The molecule has 0 rings (SSSR count). The van der Waals surface area contributed by atoms with Gasteiger partial charge in [0.25, 0.3) is 0 Å². The summed E-state index contributed by atoms with van der Waals surface area (Å²) in [7, 11) is -2.06. The van der Waals surface area contributed by atoms with Crippen molar-refractivity contribution in [3.63, 3.8) is 0 Å². The van der Waals surface area contributed by atoms with Crippen LogP contribution in [0.25, 0.3) is 0 Å². The number of nitrogens with zero attached hydrogens (tertiary/aromatic N) is 1. The van der Waals surface area contributed by atoms with Crippen LogP contribution >= 0.6 is 7.60 Å². The van der Waals surface area contributed by atoms with Gasteiger partial charge in [-0.1, -0.05) is 20.8 Å². The summed E-state index contributed by atoms with van der Waals surface area (Å²) < 4.78 is 24.8. The van der Waals surface area contributed by atoms with E-state index in [1.165, 1.54) is 5.06 Å². The van der Waals surface area contributed by atoms with Gasteiger partial charge in [-0.25, -0.2) is 10.3 Å². The summed E-state index contributed by atoms with van der Waals surface area (Å²) in [6.45, 7) is 16.8. The van der Waals surface area contributed by atoms with Gasteiger partial charge in [-0.3, -0.25) is 9.40 Å². The minimum Gasteiger partial charge on any atom is -0.364 e. The van der Waals surface area contributed by atoms with E-state index in [-0.39, 0.29) is 13.2 Å². The third-order valence-electron chi connectivity index (χ3n) is 3.39. The smallest absolute Gasteiger partial charge is 0.355 e. The zero-order valence-electron chi connectivity index (χ0n) is 17.9. The summed E-state index contributed by atoms with van der Waals surface area (Å²) >= 11 is 0. The number of rotatable bonds is 10. The zero-order chi connectivity index (χ0) is 20.8. The van der Waals surface area contributed by atoms with E-state index in [4.69, 9.17) is 18.7 Å². The molecule has 0 spiro atoms. The molecular formula is C17H37N2O6P. The van der Waals surface area contributed by atoms with Crippen LogP contribution in [0.1, 0.15) is 62.3 Å². The summed E-state index contributed by atoms with van der Waals surface area (Å²) in [5.74, 6) is -1.41. The first-order chi connectivity index (χ1) is 11.7. The first kappa shape index (κ1) is 25.5. The van der Waals surface area contributed by atoms with Gasteiger partial charge in [0.15, 0.2) is 11.9 Å². The van der Waals surface area contributed by atoms with Gasteiger partial charge in [-0.05, 0) is 47.0 Å². The van der Waals surface area contributed by atoms with Gasteiger partial charge in [-0.2, -0.15) is 0 Å². The topological polar surface area (TPSA) is 86.3 Å². The molecular weight excluding hydrogens is 359 g/mol. The van der Waals surface area contributed by atoms with Crippen LogP contribution in [0.4, 0.5) is 0 Å². The van der Waals surface area contributed by atoms with Gasteiger partial charge in [-0.15, -0.1) is 5.06 Å². The van der Waals surface area contributed by atoms with E-state index in [0.29, 0.717) is 0 Å². The van der Waals surface area contributed by atoms with Crippen molar-refractivity contribution in [1.29, 1.82) is 0 Å². The molecule has 1 N–H and O–H groups in total. The molecule has 0 aliphatic carbocycles. The SMILES string of the molecule is CCOP(=O)(OCC)C(N(OC(=O)C(C)ONC)C(C)(C)C)C(C)(C)C. The van der Waals surface area contributed by atoms with Crippen molar-refractivity contribution in [3.8, 4) is 0 Å². The van der Waals surface area contributed by atoms with Crippen LogP contribution < -0.4 is 5.48 Å². The molecule has 0 heterocycles. The van der Waals surface area contributed by atoms with Gasteiger partial charge >= 0.3 is 13.6 Å². The molecule has 0 aliphatic heterocycles. The minimum absolute atomic E-state index is 0.217. The van der Waals surface area contributed by atoms with Gasteiger partial charge in [0.1, 0.15) is 0 Å². The van der Waals surface area contributed by atoms with Crippen molar-refractivity contribution in [2.45, 2.75) is 79.7 Å². The monoisotopic (exact) mass is 396 g/mol. The van der Waals surface area contributed by atoms with Gasteiger partial charge in [0, 0.05) is 12.6 Å². The van der Waals surface area contributed by atoms with E-state index >= 15 is 0 Å². The van der Waals surface area contributed by atoms with Crippen LogP contribution in [0.5, 0.6) is 0 Å². The van der Waals surface area contributed by atoms with Gasteiger partial charge in [0.05, 0.1) is 13.2 Å². The van der Waals surface area contributed by atoms with Crippen molar-refractivity contribution >= 4 is 13.6 Å². The fraction of sp³-hybridized carbons (Fsp3) is 0.941. The maximum Gasteiger partial charge on any atom is 0.355 e. The van der Waals surface area contributed by atoms with Crippen molar-refractivity contribution in [2.24, 2.45) is 5.41 Å². The van der Waals surface area contributed by atoms with E-state index in [2.05, 4.69) is 5.48 Å². The standard InChI is InChI=1S/C17H37N2O6P/c1-11-22-26(21,23-12-2)15(16(4,5)6)19(17(7,8)9)25-14(20)13(3)24-18-10/h13,15,18H,11-12H2,1-10H3. The van der Waals surface area contributed by atoms with E-state index in [1.54, 1.807) is 27.8 Å². The molecule has 0 aromatic rings. The number of hydroxylamine groups is 3. The van der Waals surface area contributed by atoms with E-state index in [9.17, 15) is 9.36 Å². The molecule has 156 valence electrons. The first-order valence-corrected chi connectivity index (χ1v) is 10.6. The predicted octanol–water partition coefficient (Wildman–Crippen LogP) is 3.72. The lowest BCUT2D eigenvalue weighted by atomic mass is 9.94. The summed E-state index contributed by atoms with van der Waals surface area (Å²) in [5.41, 5.74) is 1.24. The van der Waals surface area contributed by atoms with Crippen LogP contribution in [-0.4, -0.2) is 48.7 Å². The lowest BCUT2D eigenvalue weighted by Gasteiger charge is -2.46. The van der Waals surface area contributed by atoms with Crippen LogP contribution in [0.3, 0.4) is 0 Å². The highest BCUT2D eigenvalue weighted by Crippen LogP contribution is 2.60. The Labute approximate surface area is 158 Å². The minimum atomic E-state index is -3.61. The van der Waals surface area contributed by atoms with Crippen LogP contribution in [0, 0.1) is 5.41 Å². The summed E-state index contributed by atoms with van der Waals surface area (Å²) in [6, 6.07) is 0. The highest BCUT2D eigenvalue weighted by atomic mass is 31.2. The number of hydrogen-bond acceptors (Lipinski definition) is 8. The third kappa shape index (κ3) is 7.25. The second-order valence-corrected chi connectivity index (χ2v) is 10.1. The Kier molecular flexibility index (Phi) is 9.96. The molecule has 8 nitrogen and oxygen atoms in total. The Bertz CT molecular complexity index is 477. The Morgan fingerprint density at radius 1 is 1.08 bits per heavy atom. The second-order valence-electron chi connectivity index (χ2n) is 7.99. The van der Waals surface area contributed by atoms with Gasteiger partial charge in [0.2, 0.25) is 0 Å². The largest absolute Gasteiger partial charge is 0.364 e. The fourth-order valence-electron chi connectivity index (χ4n) is 2.44. The highest BCUT2D eigenvalue weighted by molar-refractivity contribution is 7.54. The number of hydrogen-bond donors (Lipinski definition) is 1. The molecule has 0 saturated carbocycles. The molecule has 2 atom stereocenters. The predicted molar refractivity (Wildman–Crippen MR) is 101 cm³/mol. The maximum absolute atomic E-state index is 13.6.